The van der Waals surface area contributed by atoms with Gasteiger partial charge < -0.3 is 9.64 Å². The molecule has 4 nitrogen and oxygen atoms in total. The number of rotatable bonds is 8. The largest absolute Gasteiger partial charge is 0.492 e. The van der Waals surface area contributed by atoms with Crippen molar-refractivity contribution in [3.8, 4) is 5.75 Å². The van der Waals surface area contributed by atoms with E-state index in [2.05, 4.69) is 30.9 Å². The molecule has 1 fully saturated rings. The molecule has 0 aliphatic carbocycles. The number of para-hydroxylation sites is 1. The standard InChI is InChI=1S/C22H24N2O2S2/c1-3-23(4-2)18-12-10-17(11-13-18)16-20-21(25)24(22(27)28-20)14-15-26-19-8-6-5-7-9-19/h5-13,16H,3-4,14-15H2,1-2H3/b20-16-. The van der Waals surface area contributed by atoms with Crippen LogP contribution in [-0.4, -0.2) is 41.4 Å². The van der Waals surface area contributed by atoms with E-state index in [4.69, 9.17) is 17.0 Å². The van der Waals surface area contributed by atoms with Gasteiger partial charge in [0.25, 0.3) is 5.91 Å². The van der Waals surface area contributed by atoms with Crippen LogP contribution in [0.3, 0.4) is 0 Å². The van der Waals surface area contributed by atoms with Gasteiger partial charge in [0, 0.05) is 18.8 Å². The highest BCUT2D eigenvalue weighted by Gasteiger charge is 2.31. The fourth-order valence-corrected chi connectivity index (χ4v) is 4.29. The van der Waals surface area contributed by atoms with E-state index in [9.17, 15) is 4.79 Å². The Morgan fingerprint density at radius 1 is 1.07 bits per heavy atom. The highest BCUT2D eigenvalue weighted by Crippen LogP contribution is 2.32. The van der Waals surface area contributed by atoms with E-state index in [-0.39, 0.29) is 5.91 Å². The van der Waals surface area contributed by atoms with Crippen LogP contribution >= 0.6 is 24.0 Å². The molecule has 0 unspecified atom stereocenters. The van der Waals surface area contributed by atoms with Gasteiger partial charge in [-0.2, -0.15) is 0 Å². The summed E-state index contributed by atoms with van der Waals surface area (Å²) in [5.74, 6) is 0.733. The number of thiocarbonyl (C=S) groups is 1. The first-order chi connectivity index (χ1) is 13.6. The summed E-state index contributed by atoms with van der Waals surface area (Å²) in [5.41, 5.74) is 2.18. The fourth-order valence-electron chi connectivity index (χ4n) is 2.99. The lowest BCUT2D eigenvalue weighted by molar-refractivity contribution is -0.122. The number of carbonyl (C=O) groups is 1. The second-order valence-electron chi connectivity index (χ2n) is 6.26. The van der Waals surface area contributed by atoms with Gasteiger partial charge in [-0.05, 0) is 49.8 Å². The van der Waals surface area contributed by atoms with Crippen LogP contribution < -0.4 is 9.64 Å². The summed E-state index contributed by atoms with van der Waals surface area (Å²) in [6.07, 6.45) is 1.91. The summed E-state index contributed by atoms with van der Waals surface area (Å²) in [6, 6.07) is 17.8. The lowest BCUT2D eigenvalue weighted by atomic mass is 10.1. The van der Waals surface area contributed by atoms with Crippen molar-refractivity contribution < 1.29 is 9.53 Å². The number of amides is 1. The quantitative estimate of drug-likeness (QED) is 0.459. The van der Waals surface area contributed by atoms with E-state index in [0.29, 0.717) is 22.4 Å². The van der Waals surface area contributed by atoms with Crippen LogP contribution in [0.4, 0.5) is 5.69 Å². The molecule has 0 atom stereocenters. The molecule has 1 amide bonds. The lowest BCUT2D eigenvalue weighted by Crippen LogP contribution is -2.32. The first-order valence-electron chi connectivity index (χ1n) is 9.40. The van der Waals surface area contributed by atoms with Gasteiger partial charge in [-0.3, -0.25) is 9.69 Å². The minimum atomic E-state index is -0.0560. The van der Waals surface area contributed by atoms with Crippen LogP contribution in [0, 0.1) is 0 Å². The summed E-state index contributed by atoms with van der Waals surface area (Å²) in [6.45, 7) is 7.08. The smallest absolute Gasteiger partial charge is 0.266 e. The SMILES string of the molecule is CCN(CC)c1ccc(/C=C2\SC(=S)N(CCOc3ccccc3)C2=O)cc1. The molecule has 1 saturated heterocycles. The van der Waals surface area contributed by atoms with E-state index >= 15 is 0 Å². The summed E-state index contributed by atoms with van der Waals surface area (Å²) >= 11 is 6.74. The molecule has 0 radical (unpaired) electrons. The van der Waals surface area contributed by atoms with Crippen molar-refractivity contribution in [2.24, 2.45) is 0 Å². The Hall–Kier alpha value is -2.31. The zero-order valence-electron chi connectivity index (χ0n) is 16.1. The number of anilines is 1. The Labute approximate surface area is 176 Å². The molecule has 1 aliphatic rings. The average Bonchev–Trinajstić information content (AvgIpc) is 2.98. The minimum Gasteiger partial charge on any atom is -0.492 e. The van der Waals surface area contributed by atoms with Gasteiger partial charge in [0.2, 0.25) is 0 Å². The number of hydrogen-bond acceptors (Lipinski definition) is 5. The molecule has 146 valence electrons. The number of hydrogen-bond donors (Lipinski definition) is 0. The molecule has 0 spiro atoms. The van der Waals surface area contributed by atoms with E-state index in [1.165, 1.54) is 17.4 Å². The highest BCUT2D eigenvalue weighted by molar-refractivity contribution is 8.26. The van der Waals surface area contributed by atoms with Gasteiger partial charge in [0.05, 0.1) is 11.4 Å². The summed E-state index contributed by atoms with van der Waals surface area (Å²) in [4.78, 5) is 17.3. The van der Waals surface area contributed by atoms with Crippen LogP contribution in [0.1, 0.15) is 19.4 Å². The number of benzene rings is 2. The second kappa shape index (κ2) is 9.75. The van der Waals surface area contributed by atoms with Crippen LogP contribution in [-0.2, 0) is 4.79 Å². The topological polar surface area (TPSA) is 32.8 Å². The summed E-state index contributed by atoms with van der Waals surface area (Å²) in [7, 11) is 0. The molecular weight excluding hydrogens is 388 g/mol. The van der Waals surface area contributed by atoms with E-state index in [0.717, 1.165) is 24.4 Å². The molecule has 2 aromatic rings. The van der Waals surface area contributed by atoms with Crippen molar-refractivity contribution in [1.82, 2.24) is 4.90 Å². The minimum absolute atomic E-state index is 0.0560. The summed E-state index contributed by atoms with van der Waals surface area (Å²) < 4.78 is 6.26. The molecule has 6 heteroatoms. The Bertz CT molecular complexity index is 847. The second-order valence-corrected chi connectivity index (χ2v) is 7.93. The van der Waals surface area contributed by atoms with Crippen molar-refractivity contribution in [3.63, 3.8) is 0 Å². The monoisotopic (exact) mass is 412 g/mol. The number of carbonyl (C=O) groups excluding carboxylic acids is 1. The van der Waals surface area contributed by atoms with E-state index in [1.807, 2.05) is 48.5 Å². The molecule has 0 N–H and O–H groups in total. The van der Waals surface area contributed by atoms with Gasteiger partial charge >= 0.3 is 0 Å². The normalized spacial score (nSPS) is 15.4. The molecule has 0 bridgehead atoms. The summed E-state index contributed by atoms with van der Waals surface area (Å²) in [5, 5.41) is 0. The molecule has 0 aromatic heterocycles. The fraction of sp³-hybridized carbons (Fsp3) is 0.273. The number of ether oxygens (including phenoxy) is 1. The van der Waals surface area contributed by atoms with Crippen LogP contribution in [0.2, 0.25) is 0 Å². The Morgan fingerprint density at radius 3 is 2.39 bits per heavy atom. The molecule has 28 heavy (non-hydrogen) atoms. The van der Waals surface area contributed by atoms with Gasteiger partial charge in [-0.25, -0.2) is 0 Å². The number of thioether (sulfide) groups is 1. The van der Waals surface area contributed by atoms with Crippen molar-refractivity contribution >= 4 is 46.0 Å². The molecule has 1 heterocycles. The van der Waals surface area contributed by atoms with Gasteiger partial charge in [-0.1, -0.05) is 54.3 Å². The number of nitrogens with zero attached hydrogens (tertiary/aromatic N) is 2. The molecule has 0 saturated carbocycles. The zero-order chi connectivity index (χ0) is 19.9. The van der Waals surface area contributed by atoms with Crippen LogP contribution in [0.5, 0.6) is 5.75 Å². The Morgan fingerprint density at radius 2 is 1.75 bits per heavy atom. The highest BCUT2D eigenvalue weighted by atomic mass is 32.2. The van der Waals surface area contributed by atoms with Gasteiger partial charge in [-0.15, -0.1) is 0 Å². The molecular formula is C22H24N2O2S2. The van der Waals surface area contributed by atoms with Crippen molar-refractivity contribution in [2.45, 2.75) is 13.8 Å². The maximum Gasteiger partial charge on any atom is 0.266 e. The molecule has 1 aliphatic heterocycles. The predicted molar refractivity (Wildman–Crippen MR) is 122 cm³/mol. The maximum atomic E-state index is 12.7. The predicted octanol–water partition coefficient (Wildman–Crippen LogP) is 4.81. The van der Waals surface area contributed by atoms with Crippen molar-refractivity contribution in [1.29, 1.82) is 0 Å². The van der Waals surface area contributed by atoms with Crippen molar-refractivity contribution in [3.05, 3.63) is 65.1 Å². The van der Waals surface area contributed by atoms with Gasteiger partial charge in [0.15, 0.2) is 0 Å². The first-order valence-corrected chi connectivity index (χ1v) is 10.6. The van der Waals surface area contributed by atoms with Gasteiger partial charge in [0.1, 0.15) is 16.7 Å². The first kappa shape index (κ1) is 20.4. The zero-order valence-corrected chi connectivity index (χ0v) is 17.8. The third-order valence-corrected chi connectivity index (χ3v) is 5.90. The van der Waals surface area contributed by atoms with E-state index in [1.54, 1.807) is 4.90 Å². The Balaban J connectivity index is 1.62. The Kier molecular flexibility index (Phi) is 7.12. The van der Waals surface area contributed by atoms with Crippen LogP contribution in [0.25, 0.3) is 6.08 Å². The molecule has 3 rings (SSSR count). The maximum absolute atomic E-state index is 12.7. The average molecular weight is 413 g/mol. The third kappa shape index (κ3) is 4.94. The molecule has 2 aromatic carbocycles. The third-order valence-electron chi connectivity index (χ3n) is 4.52. The van der Waals surface area contributed by atoms with Crippen molar-refractivity contribution in [2.75, 3.05) is 31.1 Å². The van der Waals surface area contributed by atoms with Crippen LogP contribution in [0.15, 0.2) is 59.5 Å². The van der Waals surface area contributed by atoms with E-state index < -0.39 is 0 Å². The lowest BCUT2D eigenvalue weighted by Gasteiger charge is -2.20.